The molecule has 2 aromatic rings. The van der Waals surface area contributed by atoms with E-state index < -0.39 is 10.0 Å². The van der Waals surface area contributed by atoms with Gasteiger partial charge in [-0.2, -0.15) is 0 Å². The molecule has 124 valence electrons. The summed E-state index contributed by atoms with van der Waals surface area (Å²) in [6.45, 7) is 0.831. The first-order valence-electron chi connectivity index (χ1n) is 6.99. The zero-order valence-electron chi connectivity index (χ0n) is 12.7. The van der Waals surface area contributed by atoms with Crippen LogP contribution in [0.5, 0.6) is 0 Å². The number of rotatable bonds is 6. The van der Waals surface area contributed by atoms with Gasteiger partial charge in [0.15, 0.2) is 0 Å². The largest absolute Gasteiger partial charge is 0.467 e. The third kappa shape index (κ3) is 5.11. The molecule has 0 saturated carbocycles. The van der Waals surface area contributed by atoms with Gasteiger partial charge in [-0.1, -0.05) is 12.1 Å². The van der Waals surface area contributed by atoms with E-state index in [4.69, 9.17) is 9.56 Å². The molecule has 0 aliphatic heterocycles. The van der Waals surface area contributed by atoms with Gasteiger partial charge in [-0.3, -0.25) is 0 Å². The van der Waals surface area contributed by atoms with Crippen LogP contribution in [0.25, 0.3) is 0 Å². The summed E-state index contributed by atoms with van der Waals surface area (Å²) in [7, 11) is -2.00. The molecule has 0 aliphatic rings. The highest BCUT2D eigenvalue weighted by atomic mass is 32.2. The SMILES string of the molecule is CN(Cc1ccco1)C(=O)NCCc1ccc(S(N)(=O)=O)cc1. The summed E-state index contributed by atoms with van der Waals surface area (Å²) >= 11 is 0. The van der Waals surface area contributed by atoms with E-state index in [2.05, 4.69) is 5.32 Å². The molecule has 3 N–H and O–H groups in total. The minimum atomic E-state index is -3.67. The smallest absolute Gasteiger partial charge is 0.317 e. The number of primary sulfonamides is 1. The van der Waals surface area contributed by atoms with Crippen LogP contribution in [0.3, 0.4) is 0 Å². The van der Waals surface area contributed by atoms with Crippen molar-refractivity contribution in [3.05, 3.63) is 54.0 Å². The van der Waals surface area contributed by atoms with E-state index in [1.165, 1.54) is 17.0 Å². The standard InChI is InChI=1S/C15H19N3O4S/c1-18(11-13-3-2-10-22-13)15(19)17-9-8-12-4-6-14(7-5-12)23(16,20)21/h2-7,10H,8-9,11H2,1H3,(H,17,19)(H2,16,20,21). The predicted octanol–water partition coefficient (Wildman–Crippen LogP) is 1.31. The Morgan fingerprint density at radius 3 is 2.52 bits per heavy atom. The van der Waals surface area contributed by atoms with Gasteiger partial charge in [0.1, 0.15) is 5.76 Å². The fraction of sp³-hybridized carbons (Fsp3) is 0.267. The average Bonchev–Trinajstić information content (AvgIpc) is 2.99. The Hall–Kier alpha value is -2.32. The molecule has 23 heavy (non-hydrogen) atoms. The number of carbonyl (C=O) groups excluding carboxylic acids is 1. The fourth-order valence-electron chi connectivity index (χ4n) is 2.00. The maximum absolute atomic E-state index is 11.9. The Morgan fingerprint density at radius 1 is 1.26 bits per heavy atom. The number of nitrogens with zero attached hydrogens (tertiary/aromatic N) is 1. The topological polar surface area (TPSA) is 106 Å². The maximum Gasteiger partial charge on any atom is 0.317 e. The molecule has 0 bridgehead atoms. The molecule has 0 aliphatic carbocycles. The zero-order valence-corrected chi connectivity index (χ0v) is 13.5. The highest BCUT2D eigenvalue weighted by molar-refractivity contribution is 7.89. The van der Waals surface area contributed by atoms with Crippen LogP contribution >= 0.6 is 0 Å². The molecular formula is C15H19N3O4S. The van der Waals surface area contributed by atoms with Crippen molar-refractivity contribution in [3.8, 4) is 0 Å². The molecule has 7 nitrogen and oxygen atoms in total. The molecule has 1 aromatic heterocycles. The van der Waals surface area contributed by atoms with Crippen LogP contribution in [0.2, 0.25) is 0 Å². The summed E-state index contributed by atoms with van der Waals surface area (Å²) in [4.78, 5) is 13.5. The van der Waals surface area contributed by atoms with Gasteiger partial charge < -0.3 is 14.6 Å². The molecule has 0 saturated heterocycles. The number of carbonyl (C=O) groups is 1. The van der Waals surface area contributed by atoms with E-state index in [-0.39, 0.29) is 10.9 Å². The summed E-state index contributed by atoms with van der Waals surface area (Å²) in [6.07, 6.45) is 2.15. The van der Waals surface area contributed by atoms with E-state index in [1.54, 1.807) is 37.6 Å². The molecule has 0 atom stereocenters. The molecule has 0 fully saturated rings. The van der Waals surface area contributed by atoms with Crippen molar-refractivity contribution >= 4 is 16.1 Å². The number of urea groups is 1. The molecule has 0 unspecified atom stereocenters. The van der Waals surface area contributed by atoms with Crippen LogP contribution in [0, 0.1) is 0 Å². The molecule has 0 radical (unpaired) electrons. The lowest BCUT2D eigenvalue weighted by Crippen LogP contribution is -2.37. The summed E-state index contributed by atoms with van der Waals surface area (Å²) in [5.41, 5.74) is 0.909. The van der Waals surface area contributed by atoms with E-state index in [0.717, 1.165) is 5.56 Å². The van der Waals surface area contributed by atoms with Crippen molar-refractivity contribution in [1.82, 2.24) is 10.2 Å². The number of amides is 2. The zero-order chi connectivity index (χ0) is 16.9. The van der Waals surface area contributed by atoms with Crippen LogP contribution in [0.15, 0.2) is 52.0 Å². The Morgan fingerprint density at radius 2 is 1.96 bits per heavy atom. The first kappa shape index (κ1) is 17.0. The quantitative estimate of drug-likeness (QED) is 0.829. The second-order valence-electron chi connectivity index (χ2n) is 5.11. The molecule has 2 rings (SSSR count). The minimum Gasteiger partial charge on any atom is -0.467 e. The van der Waals surface area contributed by atoms with Gasteiger partial charge in [0, 0.05) is 13.6 Å². The van der Waals surface area contributed by atoms with Crippen LogP contribution in [0.1, 0.15) is 11.3 Å². The summed E-state index contributed by atoms with van der Waals surface area (Å²) in [5, 5.41) is 7.83. The number of hydrogen-bond acceptors (Lipinski definition) is 4. The Balaban J connectivity index is 1.79. The average molecular weight is 337 g/mol. The van der Waals surface area contributed by atoms with Crippen molar-refractivity contribution in [2.75, 3.05) is 13.6 Å². The summed E-state index contributed by atoms with van der Waals surface area (Å²) in [5.74, 6) is 0.709. The lowest BCUT2D eigenvalue weighted by molar-refractivity contribution is 0.203. The Labute approximate surface area is 135 Å². The first-order chi connectivity index (χ1) is 10.9. The minimum absolute atomic E-state index is 0.0727. The Bertz CT molecular complexity index is 740. The van der Waals surface area contributed by atoms with Crippen molar-refractivity contribution in [1.29, 1.82) is 0 Å². The lowest BCUT2D eigenvalue weighted by atomic mass is 10.1. The van der Waals surface area contributed by atoms with Gasteiger partial charge in [-0.25, -0.2) is 18.4 Å². The van der Waals surface area contributed by atoms with Crippen molar-refractivity contribution in [3.63, 3.8) is 0 Å². The normalized spacial score (nSPS) is 11.2. The molecular weight excluding hydrogens is 318 g/mol. The van der Waals surface area contributed by atoms with Crippen molar-refractivity contribution in [2.45, 2.75) is 17.9 Å². The third-order valence-electron chi connectivity index (χ3n) is 3.26. The number of furan rings is 1. The number of benzene rings is 1. The van der Waals surface area contributed by atoms with Gasteiger partial charge in [0.25, 0.3) is 0 Å². The second kappa shape index (κ2) is 7.30. The van der Waals surface area contributed by atoms with Crippen LogP contribution < -0.4 is 10.5 Å². The number of hydrogen-bond donors (Lipinski definition) is 2. The third-order valence-corrected chi connectivity index (χ3v) is 4.19. The van der Waals surface area contributed by atoms with Crippen LogP contribution in [-0.4, -0.2) is 32.9 Å². The highest BCUT2D eigenvalue weighted by Gasteiger charge is 2.10. The molecule has 0 spiro atoms. The molecule has 2 amide bonds. The predicted molar refractivity (Wildman–Crippen MR) is 85.1 cm³/mol. The highest BCUT2D eigenvalue weighted by Crippen LogP contribution is 2.09. The van der Waals surface area contributed by atoms with E-state index in [1.807, 2.05) is 0 Å². The number of nitrogens with two attached hydrogens (primary N) is 1. The number of sulfonamides is 1. The second-order valence-corrected chi connectivity index (χ2v) is 6.67. The van der Waals surface area contributed by atoms with Gasteiger partial charge in [-0.05, 0) is 36.2 Å². The molecule has 1 aromatic carbocycles. The van der Waals surface area contributed by atoms with E-state index in [0.29, 0.717) is 25.3 Å². The van der Waals surface area contributed by atoms with Crippen LogP contribution in [-0.2, 0) is 23.0 Å². The van der Waals surface area contributed by atoms with Crippen molar-refractivity contribution in [2.24, 2.45) is 5.14 Å². The van der Waals surface area contributed by atoms with E-state index in [9.17, 15) is 13.2 Å². The first-order valence-corrected chi connectivity index (χ1v) is 8.54. The summed E-state index contributed by atoms with van der Waals surface area (Å²) in [6, 6.07) is 9.63. The van der Waals surface area contributed by atoms with E-state index >= 15 is 0 Å². The van der Waals surface area contributed by atoms with Gasteiger partial charge in [0.05, 0.1) is 17.7 Å². The fourth-order valence-corrected chi connectivity index (χ4v) is 2.52. The van der Waals surface area contributed by atoms with Gasteiger partial charge in [-0.15, -0.1) is 0 Å². The van der Waals surface area contributed by atoms with Crippen molar-refractivity contribution < 1.29 is 17.6 Å². The molecule has 1 heterocycles. The van der Waals surface area contributed by atoms with Gasteiger partial charge in [0.2, 0.25) is 10.0 Å². The lowest BCUT2D eigenvalue weighted by Gasteiger charge is -2.16. The molecule has 8 heteroatoms. The summed E-state index contributed by atoms with van der Waals surface area (Å²) < 4.78 is 27.5. The Kier molecular flexibility index (Phi) is 5.41. The van der Waals surface area contributed by atoms with Gasteiger partial charge >= 0.3 is 6.03 Å². The number of nitrogens with one attached hydrogen (secondary N) is 1. The maximum atomic E-state index is 11.9. The monoisotopic (exact) mass is 337 g/mol. The van der Waals surface area contributed by atoms with Crippen LogP contribution in [0.4, 0.5) is 4.79 Å².